The predicted octanol–water partition coefficient (Wildman–Crippen LogP) is 1.68. The van der Waals surface area contributed by atoms with Crippen molar-refractivity contribution in [1.29, 1.82) is 0 Å². The highest BCUT2D eigenvalue weighted by Gasteiger charge is 2.23. The molecule has 3 rings (SSSR count). The molecule has 0 unspecified atom stereocenters. The van der Waals surface area contributed by atoms with Crippen molar-refractivity contribution >= 4 is 5.84 Å². The Morgan fingerprint density at radius 2 is 2.14 bits per heavy atom. The van der Waals surface area contributed by atoms with Gasteiger partial charge in [0.2, 0.25) is 5.88 Å². The summed E-state index contributed by atoms with van der Waals surface area (Å²) < 4.78 is 35.0. The van der Waals surface area contributed by atoms with Gasteiger partial charge in [-0.05, 0) is 37.8 Å². The van der Waals surface area contributed by atoms with Crippen molar-refractivity contribution in [3.8, 4) is 11.6 Å². The third-order valence-corrected chi connectivity index (χ3v) is 3.60. The minimum absolute atomic E-state index is 0.0279. The van der Waals surface area contributed by atoms with Crippen LogP contribution in [0.25, 0.3) is 0 Å². The number of hydrazine groups is 1. The fourth-order valence-electron chi connectivity index (χ4n) is 1.91. The van der Waals surface area contributed by atoms with E-state index >= 15 is 0 Å². The Morgan fingerprint density at radius 1 is 1.39 bits per heavy atom. The fourth-order valence-corrected chi connectivity index (χ4v) is 1.91. The summed E-state index contributed by atoms with van der Waals surface area (Å²) in [5.74, 6) is 6.81. The molecule has 0 atom stereocenters. The zero-order valence-corrected chi connectivity index (χ0v) is 15.6. The lowest BCUT2D eigenvalue weighted by Crippen LogP contribution is -2.34. The number of rotatable bonds is 7. The molecule has 28 heavy (non-hydrogen) atoms. The smallest absolute Gasteiger partial charge is 0.342 e. The second kappa shape index (κ2) is 10.3. The van der Waals surface area contributed by atoms with E-state index < -0.39 is 6.55 Å². The molecule has 9 nitrogen and oxygen atoms in total. The Morgan fingerprint density at radius 3 is 2.68 bits per heavy atom. The van der Waals surface area contributed by atoms with E-state index in [1.54, 1.807) is 26.4 Å². The van der Waals surface area contributed by atoms with Gasteiger partial charge in [0.15, 0.2) is 5.84 Å². The lowest BCUT2D eigenvalue weighted by molar-refractivity contribution is -0.0266. The molecular formula is C17H23F2N7O2. The van der Waals surface area contributed by atoms with Crippen molar-refractivity contribution in [2.24, 2.45) is 22.6 Å². The average molecular weight is 395 g/mol. The molecule has 11 heteroatoms. The number of amidine groups is 1. The number of aromatic nitrogens is 3. The summed E-state index contributed by atoms with van der Waals surface area (Å²) in [6.07, 6.45) is 6.99. The number of halogens is 2. The van der Waals surface area contributed by atoms with Crippen LogP contribution >= 0.6 is 0 Å². The maximum atomic E-state index is 12.3. The monoisotopic (exact) mass is 395 g/mol. The lowest BCUT2D eigenvalue weighted by Gasteiger charge is -2.13. The number of nitrogens with zero attached hydrogens (tertiary/aromatic N) is 5. The van der Waals surface area contributed by atoms with Crippen molar-refractivity contribution in [3.63, 3.8) is 0 Å². The molecule has 0 amide bonds. The average Bonchev–Trinajstić information content (AvgIpc) is 3.52. The Bertz CT molecular complexity index is 773. The van der Waals surface area contributed by atoms with Crippen LogP contribution < -0.4 is 21.1 Å². The van der Waals surface area contributed by atoms with Crippen LogP contribution in [0.1, 0.15) is 24.2 Å². The van der Waals surface area contributed by atoms with E-state index in [2.05, 4.69) is 20.1 Å². The Kier molecular flexibility index (Phi) is 7.81. The molecule has 0 spiro atoms. The lowest BCUT2D eigenvalue weighted by atomic mass is 10.3. The third kappa shape index (κ3) is 6.91. The quantitative estimate of drug-likeness (QED) is 0.239. The van der Waals surface area contributed by atoms with Crippen LogP contribution in [0.5, 0.6) is 11.6 Å². The molecule has 1 fully saturated rings. The van der Waals surface area contributed by atoms with E-state index in [1.807, 2.05) is 12.1 Å². The van der Waals surface area contributed by atoms with Crippen LogP contribution in [0.2, 0.25) is 0 Å². The Labute approximate surface area is 161 Å². The van der Waals surface area contributed by atoms with E-state index in [1.165, 1.54) is 6.20 Å². The topological polar surface area (TPSA) is 125 Å². The molecule has 152 valence electrons. The van der Waals surface area contributed by atoms with Crippen LogP contribution in [0.4, 0.5) is 8.78 Å². The zero-order valence-electron chi connectivity index (χ0n) is 15.6. The van der Waals surface area contributed by atoms with Crippen LogP contribution in [-0.4, -0.2) is 46.2 Å². The molecule has 2 heterocycles. The summed E-state index contributed by atoms with van der Waals surface area (Å²) in [6.45, 7) is -0.747. The molecule has 1 aliphatic carbocycles. The fraction of sp³-hybridized carbons (Fsp3) is 0.412. The van der Waals surface area contributed by atoms with Crippen LogP contribution in [0.15, 0.2) is 35.8 Å². The number of alkyl halides is 2. The third-order valence-electron chi connectivity index (χ3n) is 3.60. The van der Waals surface area contributed by atoms with Gasteiger partial charge in [0.25, 0.3) is 0 Å². The highest BCUT2D eigenvalue weighted by molar-refractivity contribution is 5.99. The van der Waals surface area contributed by atoms with Gasteiger partial charge in [-0.2, -0.15) is 18.9 Å². The van der Waals surface area contributed by atoms with Gasteiger partial charge in [0.05, 0.1) is 25.5 Å². The summed E-state index contributed by atoms with van der Waals surface area (Å²) >= 11 is 0. The molecule has 0 bridgehead atoms. The summed E-state index contributed by atoms with van der Waals surface area (Å²) in [6, 6.07) is 3.69. The second-order valence-corrected chi connectivity index (χ2v) is 5.93. The number of hydrogen-bond acceptors (Lipinski definition) is 8. The molecule has 0 saturated heterocycles. The standard InChI is InChI=1S/C11H16F2N6O.C6H7NO/c1-6-16-4-8(9(14)18-19(15)11(12)13)10(17-6)20-5-7-2-3-7;1-8-6-3-2-4-7-5-6/h4,7,11H,2-3,5,15H2,1H3,(H2,14,18);2-5H,1H3. The van der Waals surface area contributed by atoms with E-state index in [4.69, 9.17) is 21.1 Å². The maximum Gasteiger partial charge on any atom is 0.342 e. The van der Waals surface area contributed by atoms with Crippen LogP contribution in [-0.2, 0) is 0 Å². The first kappa shape index (κ1) is 21.2. The highest BCUT2D eigenvalue weighted by Crippen LogP contribution is 2.29. The van der Waals surface area contributed by atoms with Gasteiger partial charge in [0.1, 0.15) is 11.6 Å². The van der Waals surface area contributed by atoms with Crippen LogP contribution in [0.3, 0.4) is 0 Å². The van der Waals surface area contributed by atoms with Gasteiger partial charge in [0, 0.05) is 12.4 Å². The largest absolute Gasteiger partial charge is 0.495 e. The highest BCUT2D eigenvalue weighted by atomic mass is 19.3. The minimum Gasteiger partial charge on any atom is -0.495 e. The molecule has 0 aliphatic heterocycles. The normalized spacial score (nSPS) is 13.6. The van der Waals surface area contributed by atoms with E-state index in [9.17, 15) is 8.78 Å². The summed E-state index contributed by atoms with van der Waals surface area (Å²) in [5, 5.41) is 3.35. The van der Waals surface area contributed by atoms with Gasteiger partial charge >= 0.3 is 6.55 Å². The first-order valence-electron chi connectivity index (χ1n) is 8.47. The molecule has 0 aromatic carbocycles. The maximum absolute atomic E-state index is 12.3. The number of aryl methyl sites for hydroxylation is 1. The van der Waals surface area contributed by atoms with Gasteiger partial charge in [-0.3, -0.25) is 4.98 Å². The van der Waals surface area contributed by atoms with Crippen molar-refractivity contribution in [2.45, 2.75) is 26.3 Å². The molecular weight excluding hydrogens is 372 g/mol. The summed E-state index contributed by atoms with van der Waals surface area (Å²) in [7, 11) is 1.62. The van der Waals surface area contributed by atoms with Gasteiger partial charge < -0.3 is 15.2 Å². The molecule has 2 aromatic heterocycles. The number of pyridine rings is 1. The minimum atomic E-state index is -2.95. The molecule has 1 saturated carbocycles. The molecule has 4 N–H and O–H groups in total. The van der Waals surface area contributed by atoms with Crippen molar-refractivity contribution in [2.75, 3.05) is 13.7 Å². The van der Waals surface area contributed by atoms with E-state index in [-0.39, 0.29) is 22.4 Å². The first-order chi connectivity index (χ1) is 13.4. The van der Waals surface area contributed by atoms with Crippen molar-refractivity contribution in [1.82, 2.24) is 20.1 Å². The Balaban J connectivity index is 0.000000292. The van der Waals surface area contributed by atoms with E-state index in [0.29, 0.717) is 18.3 Å². The molecule has 2 aromatic rings. The SMILES string of the molecule is COc1cccnc1.Cc1ncc(/C(N)=N/N(N)C(F)F)c(OCC2CC2)n1. The van der Waals surface area contributed by atoms with Crippen molar-refractivity contribution < 1.29 is 18.3 Å². The van der Waals surface area contributed by atoms with Crippen molar-refractivity contribution in [3.05, 3.63) is 42.1 Å². The summed E-state index contributed by atoms with van der Waals surface area (Å²) in [5.41, 5.74) is 5.88. The molecule has 0 radical (unpaired) electrons. The van der Waals surface area contributed by atoms with Gasteiger partial charge in [-0.25, -0.2) is 10.8 Å². The Hall–Kier alpha value is -3.08. The van der Waals surface area contributed by atoms with Gasteiger partial charge in [-0.1, -0.05) is 0 Å². The predicted molar refractivity (Wildman–Crippen MR) is 98.5 cm³/mol. The number of hydrazone groups is 1. The molecule has 1 aliphatic rings. The number of nitrogens with two attached hydrogens (primary N) is 2. The second-order valence-electron chi connectivity index (χ2n) is 5.93. The zero-order chi connectivity index (χ0) is 20.5. The first-order valence-corrected chi connectivity index (χ1v) is 8.47. The summed E-state index contributed by atoms with van der Waals surface area (Å²) in [4.78, 5) is 11.9. The number of ether oxygens (including phenoxy) is 2. The van der Waals surface area contributed by atoms with E-state index in [0.717, 1.165) is 18.6 Å². The van der Waals surface area contributed by atoms with Gasteiger partial charge in [-0.15, -0.1) is 5.10 Å². The number of hydrogen-bond donors (Lipinski definition) is 2. The number of methoxy groups -OCH3 is 1. The van der Waals surface area contributed by atoms with Crippen LogP contribution in [0, 0.1) is 12.8 Å².